The number of ether oxygens (including phenoxy) is 1. The topological polar surface area (TPSA) is 96.0 Å². The number of sulfonamides is 1. The van der Waals surface area contributed by atoms with E-state index in [1.807, 2.05) is 32.9 Å². The Balaban J connectivity index is 2.16. The lowest BCUT2D eigenvalue weighted by Crippen LogP contribution is -2.48. The van der Waals surface area contributed by atoms with Gasteiger partial charge in [-0.25, -0.2) is 8.42 Å². The molecule has 2 aromatic carbocycles. The summed E-state index contributed by atoms with van der Waals surface area (Å²) in [7, 11) is -3.57. The molecule has 0 saturated heterocycles. The Bertz CT molecular complexity index is 1140. The molecule has 1 N–H and O–H groups in total. The lowest BCUT2D eigenvalue weighted by atomic mass is 10.1. The predicted molar refractivity (Wildman–Crippen MR) is 148 cm³/mol. The van der Waals surface area contributed by atoms with E-state index in [4.69, 9.17) is 16.3 Å². The van der Waals surface area contributed by atoms with E-state index in [-0.39, 0.29) is 43.7 Å². The molecule has 0 radical (unpaired) electrons. The van der Waals surface area contributed by atoms with Crippen LogP contribution < -0.4 is 14.4 Å². The number of anilines is 1. The summed E-state index contributed by atoms with van der Waals surface area (Å²) in [6.45, 7) is 8.85. The zero-order valence-electron chi connectivity index (χ0n) is 22.2. The van der Waals surface area contributed by atoms with Gasteiger partial charge in [0, 0.05) is 31.1 Å². The normalized spacial score (nSPS) is 12.2. The Kier molecular flexibility index (Phi) is 11.7. The first-order chi connectivity index (χ1) is 17.4. The fourth-order valence-electron chi connectivity index (χ4n) is 3.72. The summed E-state index contributed by atoms with van der Waals surface area (Å²) in [4.78, 5) is 27.6. The van der Waals surface area contributed by atoms with Crippen LogP contribution in [0.15, 0.2) is 48.5 Å². The van der Waals surface area contributed by atoms with Crippen LogP contribution in [0.1, 0.15) is 46.1 Å². The number of rotatable bonds is 14. The maximum Gasteiger partial charge on any atom is 0.242 e. The smallest absolute Gasteiger partial charge is 0.242 e. The lowest BCUT2D eigenvalue weighted by molar-refractivity contribution is -0.140. The van der Waals surface area contributed by atoms with E-state index in [1.54, 1.807) is 43.3 Å². The molecule has 0 bridgehead atoms. The number of hydrogen-bond donors (Lipinski definition) is 1. The highest BCUT2D eigenvalue weighted by Crippen LogP contribution is 2.23. The summed E-state index contributed by atoms with van der Waals surface area (Å²) in [5.41, 5.74) is 1.22. The van der Waals surface area contributed by atoms with Crippen LogP contribution >= 0.6 is 11.6 Å². The molecular weight excluding hydrogens is 514 g/mol. The maximum absolute atomic E-state index is 13.3. The summed E-state index contributed by atoms with van der Waals surface area (Å²) in [6.07, 6.45) is 1.48. The summed E-state index contributed by atoms with van der Waals surface area (Å²) >= 11 is 6.33. The van der Waals surface area contributed by atoms with E-state index >= 15 is 0 Å². The third kappa shape index (κ3) is 9.55. The van der Waals surface area contributed by atoms with Crippen LogP contribution in [0, 0.1) is 5.92 Å². The third-order valence-electron chi connectivity index (χ3n) is 5.74. The highest BCUT2D eigenvalue weighted by molar-refractivity contribution is 7.92. The number of hydrogen-bond acceptors (Lipinski definition) is 5. The number of benzene rings is 2. The molecule has 8 nitrogen and oxygen atoms in total. The molecule has 0 saturated carbocycles. The van der Waals surface area contributed by atoms with Gasteiger partial charge < -0.3 is 15.0 Å². The number of nitrogens with zero attached hydrogens (tertiary/aromatic N) is 2. The van der Waals surface area contributed by atoms with Gasteiger partial charge in [0.2, 0.25) is 21.8 Å². The van der Waals surface area contributed by atoms with Crippen molar-refractivity contribution in [2.24, 2.45) is 5.92 Å². The van der Waals surface area contributed by atoms with E-state index in [0.717, 1.165) is 11.8 Å². The number of carbonyl (C=O) groups is 2. The van der Waals surface area contributed by atoms with Crippen molar-refractivity contribution in [1.29, 1.82) is 0 Å². The van der Waals surface area contributed by atoms with Gasteiger partial charge in [-0.2, -0.15) is 0 Å². The Morgan fingerprint density at radius 3 is 2.27 bits per heavy atom. The standard InChI is InChI=1S/C27H38ClN3O5S/c1-6-36-24-15-13-23(14-16-24)31(37(5,34)35)17-9-12-26(32)30(19-22-10-7-8-11-25(22)28)21(4)27(33)29-18-20(2)3/h7-8,10-11,13-16,20-21H,6,9,12,17-19H2,1-5H3,(H,29,33). The van der Waals surface area contributed by atoms with Crippen molar-refractivity contribution in [1.82, 2.24) is 10.2 Å². The minimum atomic E-state index is -3.57. The van der Waals surface area contributed by atoms with Gasteiger partial charge >= 0.3 is 0 Å². The third-order valence-corrected chi connectivity index (χ3v) is 7.30. The summed E-state index contributed by atoms with van der Waals surface area (Å²) in [6, 6.07) is 13.3. The molecule has 2 aromatic rings. The molecule has 1 unspecified atom stereocenters. The van der Waals surface area contributed by atoms with E-state index < -0.39 is 16.1 Å². The monoisotopic (exact) mass is 551 g/mol. The first kappa shape index (κ1) is 30.4. The molecule has 1 atom stereocenters. The second-order valence-electron chi connectivity index (χ2n) is 9.29. The molecule has 37 heavy (non-hydrogen) atoms. The molecule has 2 amide bonds. The van der Waals surface area contributed by atoms with Crippen molar-refractivity contribution in [2.45, 2.75) is 53.1 Å². The number of amides is 2. The van der Waals surface area contributed by atoms with Gasteiger partial charge in [0.05, 0.1) is 18.6 Å². The van der Waals surface area contributed by atoms with Crippen LogP contribution in [-0.4, -0.2) is 57.1 Å². The second-order valence-corrected chi connectivity index (χ2v) is 11.6. The van der Waals surface area contributed by atoms with Crippen molar-refractivity contribution in [3.8, 4) is 5.75 Å². The SMILES string of the molecule is CCOc1ccc(N(CCCC(=O)N(Cc2ccccc2Cl)C(C)C(=O)NCC(C)C)S(C)(=O)=O)cc1. The van der Waals surface area contributed by atoms with Gasteiger partial charge in [-0.05, 0) is 62.1 Å². The zero-order chi connectivity index (χ0) is 27.6. The first-order valence-electron chi connectivity index (χ1n) is 12.4. The Labute approximate surface area is 226 Å². The molecule has 0 aliphatic heterocycles. The van der Waals surface area contributed by atoms with Crippen molar-refractivity contribution in [3.63, 3.8) is 0 Å². The van der Waals surface area contributed by atoms with E-state index in [9.17, 15) is 18.0 Å². The fourth-order valence-corrected chi connectivity index (χ4v) is 4.89. The fraction of sp³-hybridized carbons (Fsp3) is 0.481. The molecule has 0 aliphatic rings. The molecule has 0 aromatic heterocycles. The maximum atomic E-state index is 13.3. The van der Waals surface area contributed by atoms with Gasteiger partial charge in [-0.1, -0.05) is 43.6 Å². The summed E-state index contributed by atoms with van der Waals surface area (Å²) in [5.74, 6) is 0.414. The Hall–Kier alpha value is -2.78. The first-order valence-corrected chi connectivity index (χ1v) is 14.7. The average molecular weight is 552 g/mol. The highest BCUT2D eigenvalue weighted by atomic mass is 35.5. The minimum absolute atomic E-state index is 0.0648. The van der Waals surface area contributed by atoms with Crippen LogP contribution in [0.4, 0.5) is 5.69 Å². The highest BCUT2D eigenvalue weighted by Gasteiger charge is 2.27. The molecule has 0 fully saturated rings. The van der Waals surface area contributed by atoms with Crippen molar-refractivity contribution in [3.05, 3.63) is 59.1 Å². The average Bonchev–Trinajstić information content (AvgIpc) is 2.84. The largest absolute Gasteiger partial charge is 0.494 e. The molecule has 2 rings (SSSR count). The van der Waals surface area contributed by atoms with Crippen molar-refractivity contribution in [2.75, 3.05) is 30.3 Å². The van der Waals surface area contributed by atoms with E-state index in [0.29, 0.717) is 29.6 Å². The Morgan fingerprint density at radius 1 is 1.05 bits per heavy atom. The molecule has 204 valence electrons. The lowest BCUT2D eigenvalue weighted by Gasteiger charge is -2.30. The predicted octanol–water partition coefficient (Wildman–Crippen LogP) is 4.47. The number of halogens is 1. The van der Waals surface area contributed by atoms with Gasteiger partial charge in [0.25, 0.3) is 0 Å². The van der Waals surface area contributed by atoms with Crippen LogP contribution in [0.25, 0.3) is 0 Å². The number of nitrogens with one attached hydrogen (secondary N) is 1. The molecule has 0 spiro atoms. The molecule has 0 aliphatic carbocycles. The molecule has 10 heteroatoms. The van der Waals surface area contributed by atoms with Gasteiger partial charge in [-0.3, -0.25) is 13.9 Å². The van der Waals surface area contributed by atoms with Gasteiger partial charge in [0.15, 0.2) is 0 Å². The summed E-state index contributed by atoms with van der Waals surface area (Å²) < 4.78 is 31.7. The summed E-state index contributed by atoms with van der Waals surface area (Å²) in [5, 5.41) is 3.39. The quantitative estimate of drug-likeness (QED) is 0.373. The van der Waals surface area contributed by atoms with Crippen LogP contribution in [0.5, 0.6) is 5.75 Å². The van der Waals surface area contributed by atoms with Crippen LogP contribution in [0.3, 0.4) is 0 Å². The van der Waals surface area contributed by atoms with E-state index in [2.05, 4.69) is 5.32 Å². The zero-order valence-corrected chi connectivity index (χ0v) is 23.8. The van der Waals surface area contributed by atoms with Crippen LogP contribution in [-0.2, 0) is 26.2 Å². The van der Waals surface area contributed by atoms with Crippen molar-refractivity contribution < 1.29 is 22.7 Å². The van der Waals surface area contributed by atoms with E-state index in [1.165, 1.54) is 9.21 Å². The minimum Gasteiger partial charge on any atom is -0.494 e. The van der Waals surface area contributed by atoms with Crippen molar-refractivity contribution >= 4 is 39.1 Å². The van der Waals surface area contributed by atoms with Gasteiger partial charge in [-0.15, -0.1) is 0 Å². The Morgan fingerprint density at radius 2 is 1.70 bits per heavy atom. The van der Waals surface area contributed by atoms with Gasteiger partial charge in [0.1, 0.15) is 11.8 Å². The second kappa shape index (κ2) is 14.2. The molecule has 0 heterocycles. The molecular formula is C27H38ClN3O5S. The number of carbonyl (C=O) groups excluding carboxylic acids is 2. The van der Waals surface area contributed by atoms with Crippen LogP contribution in [0.2, 0.25) is 5.02 Å².